The van der Waals surface area contributed by atoms with Crippen LogP contribution in [0.4, 0.5) is 11.4 Å². The van der Waals surface area contributed by atoms with Crippen molar-refractivity contribution in [1.82, 2.24) is 10.2 Å². The van der Waals surface area contributed by atoms with Gasteiger partial charge in [0.05, 0.1) is 18.4 Å². The van der Waals surface area contributed by atoms with Crippen LogP contribution in [0, 0.1) is 5.41 Å². The van der Waals surface area contributed by atoms with Crippen LogP contribution in [0.15, 0.2) is 48.5 Å². The highest BCUT2D eigenvalue weighted by molar-refractivity contribution is 6.00. The molecule has 1 amide bonds. The van der Waals surface area contributed by atoms with Gasteiger partial charge < -0.3 is 20.3 Å². The number of carbonyl (C=O) groups excluding carboxylic acids is 1. The Morgan fingerprint density at radius 1 is 1.11 bits per heavy atom. The van der Waals surface area contributed by atoms with Gasteiger partial charge in [-0.3, -0.25) is 4.79 Å². The number of anilines is 2. The standard InChI is InChI=1S/C22H27N3O2/c1-27-18-6-4-5-17(15-18)24-20-8-3-2-7-19(20)21(26)25-13-10-22(11-14-25)9-12-23-16-22/h2-8,15,23-24H,9-14,16H2,1H3. The van der Waals surface area contributed by atoms with Crippen LogP contribution in [-0.4, -0.2) is 44.1 Å². The van der Waals surface area contributed by atoms with Crippen molar-refractivity contribution in [2.75, 3.05) is 38.6 Å². The molecule has 0 aliphatic carbocycles. The van der Waals surface area contributed by atoms with Crippen LogP contribution in [0.2, 0.25) is 0 Å². The zero-order valence-electron chi connectivity index (χ0n) is 15.8. The minimum atomic E-state index is 0.113. The quantitative estimate of drug-likeness (QED) is 0.868. The Balaban J connectivity index is 1.49. The van der Waals surface area contributed by atoms with Gasteiger partial charge in [-0.2, -0.15) is 0 Å². The smallest absolute Gasteiger partial charge is 0.255 e. The van der Waals surface area contributed by atoms with Crippen LogP contribution in [0.5, 0.6) is 5.75 Å². The van der Waals surface area contributed by atoms with Gasteiger partial charge in [-0.25, -0.2) is 0 Å². The molecule has 2 heterocycles. The normalized spacial score (nSPS) is 18.5. The molecule has 0 aromatic heterocycles. The van der Waals surface area contributed by atoms with Gasteiger partial charge >= 0.3 is 0 Å². The fourth-order valence-corrected chi connectivity index (χ4v) is 4.21. The van der Waals surface area contributed by atoms with Crippen LogP contribution in [0.1, 0.15) is 29.6 Å². The number of benzene rings is 2. The van der Waals surface area contributed by atoms with Crippen LogP contribution in [0.3, 0.4) is 0 Å². The Hall–Kier alpha value is -2.53. The maximum Gasteiger partial charge on any atom is 0.255 e. The van der Waals surface area contributed by atoms with Crippen molar-refractivity contribution in [3.8, 4) is 5.75 Å². The number of nitrogens with one attached hydrogen (secondary N) is 2. The topological polar surface area (TPSA) is 53.6 Å². The zero-order valence-corrected chi connectivity index (χ0v) is 15.8. The number of amides is 1. The zero-order chi connectivity index (χ0) is 18.7. The summed E-state index contributed by atoms with van der Waals surface area (Å²) in [6, 6.07) is 15.5. The number of rotatable bonds is 4. The number of likely N-dealkylation sites (tertiary alicyclic amines) is 1. The summed E-state index contributed by atoms with van der Waals surface area (Å²) in [6.07, 6.45) is 3.43. The Bertz CT molecular complexity index is 805. The monoisotopic (exact) mass is 365 g/mol. The molecule has 0 bridgehead atoms. The maximum absolute atomic E-state index is 13.2. The molecule has 2 aromatic carbocycles. The van der Waals surface area contributed by atoms with Crippen LogP contribution in [-0.2, 0) is 0 Å². The third-order valence-corrected chi connectivity index (χ3v) is 5.95. The van der Waals surface area contributed by atoms with Crippen molar-refractivity contribution in [2.45, 2.75) is 19.3 Å². The average molecular weight is 365 g/mol. The van der Waals surface area contributed by atoms with Gasteiger partial charge in [0.2, 0.25) is 0 Å². The highest BCUT2D eigenvalue weighted by Gasteiger charge is 2.38. The minimum Gasteiger partial charge on any atom is -0.497 e. The Morgan fingerprint density at radius 2 is 1.93 bits per heavy atom. The highest BCUT2D eigenvalue weighted by atomic mass is 16.5. The fourth-order valence-electron chi connectivity index (χ4n) is 4.21. The van der Waals surface area contributed by atoms with Gasteiger partial charge in [0.25, 0.3) is 5.91 Å². The number of para-hydroxylation sites is 1. The first-order valence-corrected chi connectivity index (χ1v) is 9.69. The Morgan fingerprint density at radius 3 is 2.67 bits per heavy atom. The van der Waals surface area contributed by atoms with Crippen molar-refractivity contribution in [3.05, 3.63) is 54.1 Å². The van der Waals surface area contributed by atoms with Crippen LogP contribution in [0.25, 0.3) is 0 Å². The first-order chi connectivity index (χ1) is 13.2. The summed E-state index contributed by atoms with van der Waals surface area (Å²) < 4.78 is 5.29. The number of piperidine rings is 1. The van der Waals surface area contributed by atoms with Gasteiger partial charge in [0, 0.05) is 31.4 Å². The number of methoxy groups -OCH3 is 1. The molecule has 2 aliphatic rings. The second-order valence-corrected chi connectivity index (χ2v) is 7.62. The summed E-state index contributed by atoms with van der Waals surface area (Å²) in [6.45, 7) is 3.90. The number of carbonyl (C=O) groups is 1. The molecule has 2 N–H and O–H groups in total. The summed E-state index contributed by atoms with van der Waals surface area (Å²) in [4.78, 5) is 15.2. The van der Waals surface area contributed by atoms with E-state index in [0.29, 0.717) is 5.41 Å². The van der Waals surface area contributed by atoms with E-state index in [-0.39, 0.29) is 5.91 Å². The van der Waals surface area contributed by atoms with Gasteiger partial charge in [-0.1, -0.05) is 18.2 Å². The molecule has 5 nitrogen and oxygen atoms in total. The first-order valence-electron chi connectivity index (χ1n) is 9.69. The molecule has 142 valence electrons. The molecule has 27 heavy (non-hydrogen) atoms. The summed E-state index contributed by atoms with van der Waals surface area (Å²) in [5.41, 5.74) is 2.87. The van der Waals surface area contributed by atoms with E-state index in [1.54, 1.807) is 7.11 Å². The van der Waals surface area contributed by atoms with Gasteiger partial charge in [-0.05, 0) is 55.5 Å². The molecule has 2 aliphatic heterocycles. The Labute approximate surface area is 160 Å². The van der Waals surface area contributed by atoms with E-state index in [0.717, 1.165) is 61.7 Å². The number of nitrogens with zero attached hydrogens (tertiary/aromatic N) is 1. The van der Waals surface area contributed by atoms with E-state index < -0.39 is 0 Å². The van der Waals surface area contributed by atoms with Crippen molar-refractivity contribution in [1.29, 1.82) is 0 Å². The molecule has 2 fully saturated rings. The van der Waals surface area contributed by atoms with Crippen LogP contribution < -0.4 is 15.4 Å². The summed E-state index contributed by atoms with van der Waals surface area (Å²) in [5, 5.41) is 6.86. The third kappa shape index (κ3) is 3.78. The van der Waals surface area contributed by atoms with E-state index in [9.17, 15) is 4.79 Å². The van der Waals surface area contributed by atoms with E-state index >= 15 is 0 Å². The fraction of sp³-hybridized carbons (Fsp3) is 0.409. The number of hydrogen-bond donors (Lipinski definition) is 2. The van der Waals surface area contributed by atoms with Gasteiger partial charge in [0.15, 0.2) is 0 Å². The SMILES string of the molecule is COc1cccc(Nc2ccccc2C(=O)N2CCC3(CCNC3)CC2)c1. The second-order valence-electron chi connectivity index (χ2n) is 7.62. The summed E-state index contributed by atoms with van der Waals surface area (Å²) >= 11 is 0. The molecule has 4 rings (SSSR count). The minimum absolute atomic E-state index is 0.113. The molecule has 0 radical (unpaired) electrons. The van der Waals surface area contributed by atoms with E-state index in [1.165, 1.54) is 6.42 Å². The lowest BCUT2D eigenvalue weighted by atomic mass is 9.78. The molecule has 2 aromatic rings. The molecule has 2 saturated heterocycles. The number of hydrogen-bond acceptors (Lipinski definition) is 4. The molecule has 5 heteroatoms. The largest absolute Gasteiger partial charge is 0.497 e. The predicted octanol–water partition coefficient (Wildman–Crippen LogP) is 3.65. The average Bonchev–Trinajstić information content (AvgIpc) is 3.16. The number of ether oxygens (including phenoxy) is 1. The predicted molar refractivity (Wildman–Crippen MR) is 108 cm³/mol. The first kappa shape index (κ1) is 17.9. The second kappa shape index (κ2) is 7.61. The van der Waals surface area contributed by atoms with Gasteiger partial charge in [-0.15, -0.1) is 0 Å². The lowest BCUT2D eigenvalue weighted by Gasteiger charge is -2.39. The van der Waals surface area contributed by atoms with Gasteiger partial charge in [0.1, 0.15) is 5.75 Å². The van der Waals surface area contributed by atoms with Crippen molar-refractivity contribution in [2.24, 2.45) is 5.41 Å². The molecule has 1 spiro atoms. The molecular weight excluding hydrogens is 338 g/mol. The summed E-state index contributed by atoms with van der Waals surface area (Å²) in [7, 11) is 1.65. The molecule has 0 unspecified atom stereocenters. The highest BCUT2D eigenvalue weighted by Crippen LogP contribution is 2.37. The van der Waals surface area contributed by atoms with E-state index in [1.807, 2.05) is 53.4 Å². The van der Waals surface area contributed by atoms with Crippen molar-refractivity contribution >= 4 is 17.3 Å². The lowest BCUT2D eigenvalue weighted by molar-refractivity contribution is 0.0608. The van der Waals surface area contributed by atoms with Crippen LogP contribution >= 0.6 is 0 Å². The van der Waals surface area contributed by atoms with Crippen molar-refractivity contribution < 1.29 is 9.53 Å². The molecular formula is C22H27N3O2. The van der Waals surface area contributed by atoms with Crippen molar-refractivity contribution in [3.63, 3.8) is 0 Å². The van der Waals surface area contributed by atoms with E-state index in [4.69, 9.17) is 4.74 Å². The third-order valence-electron chi connectivity index (χ3n) is 5.95. The summed E-state index contributed by atoms with van der Waals surface area (Å²) in [5.74, 6) is 0.900. The maximum atomic E-state index is 13.2. The lowest BCUT2D eigenvalue weighted by Crippen LogP contribution is -2.44. The molecule has 0 saturated carbocycles. The Kier molecular flexibility index (Phi) is 5.03. The molecule has 0 atom stereocenters. The van der Waals surface area contributed by atoms with E-state index in [2.05, 4.69) is 10.6 Å².